The highest BCUT2D eigenvalue weighted by molar-refractivity contribution is 7.93. The normalized spacial score (nSPS) is 11.8. The van der Waals surface area contributed by atoms with Gasteiger partial charge in [0, 0.05) is 19.8 Å². The molecular weight excluding hydrogens is 566 g/mol. The first-order valence-electron chi connectivity index (χ1n) is 11.6. The Bertz CT molecular complexity index is 1610. The molecule has 0 radical (unpaired) electrons. The molecular formula is C26H30ClN3O7S2. The summed E-state index contributed by atoms with van der Waals surface area (Å²) in [5.41, 5.74) is 1.59. The van der Waals surface area contributed by atoms with Gasteiger partial charge in [-0.3, -0.25) is 9.10 Å². The lowest BCUT2D eigenvalue weighted by Gasteiger charge is -2.26. The van der Waals surface area contributed by atoms with Crippen LogP contribution in [0.2, 0.25) is 5.02 Å². The number of amides is 1. The van der Waals surface area contributed by atoms with Gasteiger partial charge in [0.05, 0.1) is 29.8 Å². The number of nitrogens with zero attached hydrogens (tertiary/aromatic N) is 2. The number of ether oxygens (including phenoxy) is 2. The third-order valence-electron chi connectivity index (χ3n) is 5.86. The third-order valence-corrected chi connectivity index (χ3v) is 9.76. The van der Waals surface area contributed by atoms with Gasteiger partial charge >= 0.3 is 0 Å². The van der Waals surface area contributed by atoms with Crippen molar-refractivity contribution in [3.05, 3.63) is 70.7 Å². The Labute approximate surface area is 234 Å². The van der Waals surface area contributed by atoms with Gasteiger partial charge in [0.25, 0.3) is 10.0 Å². The standard InChI is InChI=1S/C26H30ClN3O7S2/c1-17-7-11-24(37-6)25(13-17)39(34,35)30(19-9-12-23(36-5)21(27)14-19)16-26(31)28-22-15-20(10-8-18(22)2)38(32,33)29(3)4/h7-15H,16H2,1-6H3,(H,28,31). The molecule has 0 aliphatic heterocycles. The van der Waals surface area contributed by atoms with Crippen molar-refractivity contribution in [3.63, 3.8) is 0 Å². The summed E-state index contributed by atoms with van der Waals surface area (Å²) in [5, 5.41) is 2.79. The minimum absolute atomic E-state index is 0.0238. The van der Waals surface area contributed by atoms with Crippen LogP contribution in [-0.4, -0.2) is 61.9 Å². The molecule has 3 aromatic rings. The van der Waals surface area contributed by atoms with Crippen molar-refractivity contribution in [3.8, 4) is 11.5 Å². The van der Waals surface area contributed by atoms with Gasteiger partial charge in [-0.05, 0) is 67.4 Å². The Hall–Kier alpha value is -3.32. The number of sulfonamides is 2. The number of carbonyl (C=O) groups excluding carboxylic acids is 1. The average molecular weight is 596 g/mol. The molecule has 0 unspecified atom stereocenters. The minimum Gasteiger partial charge on any atom is -0.495 e. The van der Waals surface area contributed by atoms with Crippen LogP contribution >= 0.6 is 11.6 Å². The largest absolute Gasteiger partial charge is 0.495 e. The van der Waals surface area contributed by atoms with E-state index >= 15 is 0 Å². The Balaban J connectivity index is 2.07. The average Bonchev–Trinajstić information content (AvgIpc) is 2.88. The van der Waals surface area contributed by atoms with E-state index in [-0.39, 0.29) is 31.9 Å². The van der Waals surface area contributed by atoms with Crippen LogP contribution in [-0.2, 0) is 24.8 Å². The van der Waals surface area contributed by atoms with Gasteiger partial charge in [-0.15, -0.1) is 0 Å². The molecule has 0 aliphatic carbocycles. The van der Waals surface area contributed by atoms with Gasteiger partial charge in [0.2, 0.25) is 15.9 Å². The molecule has 0 fully saturated rings. The molecule has 3 aromatic carbocycles. The van der Waals surface area contributed by atoms with Crippen LogP contribution in [0.4, 0.5) is 11.4 Å². The molecule has 1 N–H and O–H groups in total. The van der Waals surface area contributed by atoms with Crippen LogP contribution in [0.15, 0.2) is 64.4 Å². The van der Waals surface area contributed by atoms with Crippen molar-refractivity contribution in [1.29, 1.82) is 0 Å². The monoisotopic (exact) mass is 595 g/mol. The number of rotatable bonds is 10. The number of hydrogen-bond acceptors (Lipinski definition) is 7. The predicted octanol–water partition coefficient (Wildman–Crippen LogP) is 4.06. The number of carbonyl (C=O) groups is 1. The molecule has 10 nitrogen and oxygen atoms in total. The van der Waals surface area contributed by atoms with Crippen LogP contribution in [0.1, 0.15) is 11.1 Å². The van der Waals surface area contributed by atoms with E-state index < -0.39 is 32.5 Å². The number of halogens is 1. The van der Waals surface area contributed by atoms with E-state index in [1.54, 1.807) is 26.0 Å². The molecule has 0 saturated heterocycles. The molecule has 210 valence electrons. The molecule has 0 spiro atoms. The number of aryl methyl sites for hydroxylation is 2. The highest BCUT2D eigenvalue weighted by atomic mass is 35.5. The molecule has 1 amide bonds. The zero-order valence-corrected chi connectivity index (χ0v) is 24.7. The smallest absolute Gasteiger partial charge is 0.268 e. The summed E-state index contributed by atoms with van der Waals surface area (Å²) in [5.74, 6) is -0.285. The topological polar surface area (TPSA) is 122 Å². The molecule has 0 saturated carbocycles. The summed E-state index contributed by atoms with van der Waals surface area (Å²) in [6, 6.07) is 13.3. The molecule has 39 heavy (non-hydrogen) atoms. The van der Waals surface area contributed by atoms with E-state index in [0.29, 0.717) is 16.9 Å². The predicted molar refractivity (Wildman–Crippen MR) is 151 cm³/mol. The SMILES string of the molecule is COc1ccc(N(CC(=O)Nc2cc(S(=O)(=O)N(C)C)ccc2C)S(=O)(=O)c2cc(C)ccc2OC)cc1Cl. The minimum atomic E-state index is -4.35. The van der Waals surface area contributed by atoms with E-state index in [2.05, 4.69) is 5.32 Å². The first-order valence-corrected chi connectivity index (χ1v) is 14.8. The summed E-state index contributed by atoms with van der Waals surface area (Å²) in [6.07, 6.45) is 0. The quantitative estimate of drug-likeness (QED) is 0.375. The zero-order chi connectivity index (χ0) is 29.1. The van der Waals surface area contributed by atoms with Crippen molar-refractivity contribution in [2.75, 3.05) is 44.5 Å². The summed E-state index contributed by atoms with van der Waals surface area (Å²) in [6.45, 7) is 2.78. The molecule has 0 aliphatic rings. The second-order valence-electron chi connectivity index (χ2n) is 8.80. The second kappa shape index (κ2) is 11.8. The van der Waals surface area contributed by atoms with E-state index in [1.165, 1.54) is 70.8 Å². The number of anilines is 2. The van der Waals surface area contributed by atoms with Crippen molar-refractivity contribution >= 4 is 48.9 Å². The molecule has 0 aromatic heterocycles. The fraction of sp³-hybridized carbons (Fsp3) is 0.269. The molecule has 13 heteroatoms. The fourth-order valence-electron chi connectivity index (χ4n) is 3.66. The van der Waals surface area contributed by atoms with Gasteiger partial charge in [0.15, 0.2) is 0 Å². The Morgan fingerprint density at radius 1 is 0.872 bits per heavy atom. The van der Waals surface area contributed by atoms with Crippen LogP contribution in [0.3, 0.4) is 0 Å². The summed E-state index contributed by atoms with van der Waals surface area (Å²) in [4.78, 5) is 13.1. The lowest BCUT2D eigenvalue weighted by Crippen LogP contribution is -2.38. The van der Waals surface area contributed by atoms with Crippen molar-refractivity contribution in [2.24, 2.45) is 0 Å². The maximum absolute atomic E-state index is 14.0. The molecule has 0 atom stereocenters. The Morgan fingerprint density at radius 2 is 1.51 bits per heavy atom. The van der Waals surface area contributed by atoms with Gasteiger partial charge < -0.3 is 14.8 Å². The summed E-state index contributed by atoms with van der Waals surface area (Å²) >= 11 is 6.29. The second-order valence-corrected chi connectivity index (χ2v) is 13.2. The van der Waals surface area contributed by atoms with E-state index in [0.717, 1.165) is 8.61 Å². The van der Waals surface area contributed by atoms with Crippen molar-refractivity contribution in [2.45, 2.75) is 23.6 Å². The fourth-order valence-corrected chi connectivity index (χ4v) is 6.49. The first-order chi connectivity index (χ1) is 18.2. The van der Waals surface area contributed by atoms with Gasteiger partial charge in [-0.1, -0.05) is 23.7 Å². The molecule has 0 bridgehead atoms. The summed E-state index contributed by atoms with van der Waals surface area (Å²) in [7, 11) is -2.54. The van der Waals surface area contributed by atoms with Crippen molar-refractivity contribution < 1.29 is 31.1 Å². The van der Waals surface area contributed by atoms with Crippen LogP contribution in [0.5, 0.6) is 11.5 Å². The molecule has 0 heterocycles. The lowest BCUT2D eigenvalue weighted by molar-refractivity contribution is -0.114. The van der Waals surface area contributed by atoms with E-state index in [4.69, 9.17) is 21.1 Å². The Morgan fingerprint density at radius 3 is 2.10 bits per heavy atom. The van der Waals surface area contributed by atoms with E-state index in [9.17, 15) is 21.6 Å². The third kappa shape index (κ3) is 6.47. The number of methoxy groups -OCH3 is 2. The maximum atomic E-state index is 14.0. The zero-order valence-electron chi connectivity index (χ0n) is 22.3. The van der Waals surface area contributed by atoms with Gasteiger partial charge in [0.1, 0.15) is 22.9 Å². The van der Waals surface area contributed by atoms with Gasteiger partial charge in [-0.25, -0.2) is 21.1 Å². The highest BCUT2D eigenvalue weighted by Gasteiger charge is 2.31. The molecule has 3 rings (SSSR count). The maximum Gasteiger partial charge on any atom is 0.268 e. The van der Waals surface area contributed by atoms with Gasteiger partial charge in [-0.2, -0.15) is 0 Å². The first kappa shape index (κ1) is 30.2. The summed E-state index contributed by atoms with van der Waals surface area (Å²) < 4.78 is 65.5. The number of benzene rings is 3. The van der Waals surface area contributed by atoms with E-state index in [1.807, 2.05) is 0 Å². The Kier molecular flexibility index (Phi) is 9.16. The van der Waals surface area contributed by atoms with Crippen LogP contribution in [0.25, 0.3) is 0 Å². The highest BCUT2D eigenvalue weighted by Crippen LogP contribution is 2.35. The van der Waals surface area contributed by atoms with Crippen molar-refractivity contribution in [1.82, 2.24) is 4.31 Å². The lowest BCUT2D eigenvalue weighted by atomic mass is 10.2. The number of nitrogens with one attached hydrogen (secondary N) is 1. The van der Waals surface area contributed by atoms with Crippen LogP contribution < -0.4 is 19.1 Å². The van der Waals surface area contributed by atoms with Crippen LogP contribution in [0, 0.1) is 13.8 Å². The number of hydrogen-bond donors (Lipinski definition) is 1.